The van der Waals surface area contributed by atoms with Crippen molar-refractivity contribution in [2.75, 3.05) is 12.4 Å². The third-order valence-electron chi connectivity index (χ3n) is 3.06. The molecule has 0 fully saturated rings. The molecule has 0 saturated heterocycles. The standard InChI is InChI=1S/C16H15N3O/c1-11-3-6-14-12(9-11)4-7-15(19-14)18-13-5-8-16(20-2)17-10-13/h3-10H,1-2H3,(H,18,19). The van der Waals surface area contributed by atoms with Crippen LogP contribution in [-0.2, 0) is 0 Å². The first-order valence-corrected chi connectivity index (χ1v) is 6.39. The Morgan fingerprint density at radius 2 is 1.95 bits per heavy atom. The first kappa shape index (κ1) is 12.4. The Labute approximate surface area is 117 Å². The number of ether oxygens (including phenoxy) is 1. The molecular formula is C16H15N3O. The zero-order valence-electron chi connectivity index (χ0n) is 11.4. The van der Waals surface area contributed by atoms with Crippen molar-refractivity contribution >= 4 is 22.4 Å². The third-order valence-corrected chi connectivity index (χ3v) is 3.06. The van der Waals surface area contributed by atoms with Gasteiger partial charge in [-0.2, -0.15) is 0 Å². The Hall–Kier alpha value is -2.62. The summed E-state index contributed by atoms with van der Waals surface area (Å²) < 4.78 is 5.03. The Kier molecular flexibility index (Phi) is 3.21. The van der Waals surface area contributed by atoms with E-state index in [4.69, 9.17) is 4.74 Å². The van der Waals surface area contributed by atoms with Crippen LogP contribution in [-0.4, -0.2) is 17.1 Å². The van der Waals surface area contributed by atoms with Gasteiger partial charge in [-0.25, -0.2) is 9.97 Å². The van der Waals surface area contributed by atoms with E-state index in [1.807, 2.05) is 24.3 Å². The lowest BCUT2D eigenvalue weighted by atomic mass is 10.1. The molecule has 0 radical (unpaired) electrons. The van der Waals surface area contributed by atoms with Crippen LogP contribution in [0.5, 0.6) is 5.88 Å². The van der Waals surface area contributed by atoms with Gasteiger partial charge in [-0.1, -0.05) is 11.6 Å². The van der Waals surface area contributed by atoms with Gasteiger partial charge < -0.3 is 10.1 Å². The van der Waals surface area contributed by atoms with Gasteiger partial charge in [0, 0.05) is 11.5 Å². The molecule has 100 valence electrons. The molecule has 4 nitrogen and oxygen atoms in total. The van der Waals surface area contributed by atoms with E-state index in [1.54, 1.807) is 13.3 Å². The number of nitrogens with one attached hydrogen (secondary N) is 1. The fraction of sp³-hybridized carbons (Fsp3) is 0.125. The smallest absolute Gasteiger partial charge is 0.213 e. The minimum atomic E-state index is 0.595. The zero-order chi connectivity index (χ0) is 13.9. The van der Waals surface area contributed by atoms with E-state index < -0.39 is 0 Å². The second-order valence-corrected chi connectivity index (χ2v) is 4.61. The van der Waals surface area contributed by atoms with Gasteiger partial charge in [0.05, 0.1) is 24.5 Å². The summed E-state index contributed by atoms with van der Waals surface area (Å²) in [5.41, 5.74) is 3.09. The minimum Gasteiger partial charge on any atom is -0.481 e. The van der Waals surface area contributed by atoms with E-state index in [0.717, 1.165) is 22.4 Å². The van der Waals surface area contributed by atoms with Crippen LogP contribution in [0.25, 0.3) is 10.9 Å². The molecule has 0 aliphatic rings. The third kappa shape index (κ3) is 2.54. The lowest BCUT2D eigenvalue weighted by Gasteiger charge is -2.07. The maximum Gasteiger partial charge on any atom is 0.213 e. The molecule has 4 heteroatoms. The predicted octanol–water partition coefficient (Wildman–Crippen LogP) is 3.69. The SMILES string of the molecule is COc1ccc(Nc2ccc3cc(C)ccc3n2)cn1. The van der Waals surface area contributed by atoms with Crippen LogP contribution in [0.15, 0.2) is 48.7 Å². The van der Waals surface area contributed by atoms with Crippen molar-refractivity contribution in [3.63, 3.8) is 0 Å². The van der Waals surface area contributed by atoms with Crippen molar-refractivity contribution in [2.45, 2.75) is 6.92 Å². The average Bonchev–Trinajstić information content (AvgIpc) is 2.48. The molecule has 0 spiro atoms. The number of methoxy groups -OCH3 is 1. The van der Waals surface area contributed by atoms with Crippen LogP contribution in [0.3, 0.4) is 0 Å². The summed E-state index contributed by atoms with van der Waals surface area (Å²) in [7, 11) is 1.60. The van der Waals surface area contributed by atoms with Crippen LogP contribution in [0.2, 0.25) is 0 Å². The number of rotatable bonds is 3. The van der Waals surface area contributed by atoms with Gasteiger partial charge in [-0.3, -0.25) is 0 Å². The van der Waals surface area contributed by atoms with Gasteiger partial charge in [0.15, 0.2) is 0 Å². The first-order valence-electron chi connectivity index (χ1n) is 6.39. The van der Waals surface area contributed by atoms with Crippen molar-refractivity contribution in [3.8, 4) is 5.88 Å². The number of nitrogens with zero attached hydrogens (tertiary/aromatic N) is 2. The summed E-state index contributed by atoms with van der Waals surface area (Å²) in [5, 5.41) is 4.37. The van der Waals surface area contributed by atoms with Gasteiger partial charge in [-0.15, -0.1) is 0 Å². The zero-order valence-corrected chi connectivity index (χ0v) is 11.4. The summed E-state index contributed by atoms with van der Waals surface area (Å²) in [6.07, 6.45) is 1.72. The second-order valence-electron chi connectivity index (χ2n) is 4.61. The summed E-state index contributed by atoms with van der Waals surface area (Å²) in [4.78, 5) is 8.74. The largest absolute Gasteiger partial charge is 0.481 e. The normalized spacial score (nSPS) is 10.5. The number of aryl methyl sites for hydroxylation is 1. The highest BCUT2D eigenvalue weighted by Gasteiger charge is 2.00. The molecule has 0 amide bonds. The van der Waals surface area contributed by atoms with Gasteiger partial charge >= 0.3 is 0 Å². The summed E-state index contributed by atoms with van der Waals surface area (Å²) in [5.74, 6) is 1.39. The molecule has 1 N–H and O–H groups in total. The molecule has 3 aromatic rings. The van der Waals surface area contributed by atoms with E-state index in [0.29, 0.717) is 5.88 Å². The Bertz CT molecular complexity index is 738. The summed E-state index contributed by atoms with van der Waals surface area (Å²) in [6, 6.07) is 14.0. The fourth-order valence-corrected chi connectivity index (χ4v) is 2.04. The summed E-state index contributed by atoms with van der Waals surface area (Å²) >= 11 is 0. The maximum atomic E-state index is 5.03. The average molecular weight is 265 g/mol. The molecule has 2 heterocycles. The highest BCUT2D eigenvalue weighted by Crippen LogP contribution is 2.20. The number of pyridine rings is 2. The maximum absolute atomic E-state index is 5.03. The number of anilines is 2. The van der Waals surface area contributed by atoms with Crippen molar-refractivity contribution in [2.24, 2.45) is 0 Å². The van der Waals surface area contributed by atoms with Crippen LogP contribution in [0.1, 0.15) is 5.56 Å². The Morgan fingerprint density at radius 1 is 1.05 bits per heavy atom. The van der Waals surface area contributed by atoms with E-state index in [9.17, 15) is 0 Å². The van der Waals surface area contributed by atoms with Crippen LogP contribution >= 0.6 is 0 Å². The minimum absolute atomic E-state index is 0.595. The van der Waals surface area contributed by atoms with Gasteiger partial charge in [0.2, 0.25) is 5.88 Å². The second kappa shape index (κ2) is 5.17. The monoisotopic (exact) mass is 265 g/mol. The fourth-order valence-electron chi connectivity index (χ4n) is 2.04. The Morgan fingerprint density at radius 3 is 2.70 bits per heavy atom. The van der Waals surface area contributed by atoms with E-state index in [1.165, 1.54) is 5.56 Å². The lowest BCUT2D eigenvalue weighted by molar-refractivity contribution is 0.398. The molecule has 0 saturated carbocycles. The highest BCUT2D eigenvalue weighted by molar-refractivity contribution is 5.81. The topological polar surface area (TPSA) is 47.0 Å². The van der Waals surface area contributed by atoms with Crippen molar-refractivity contribution in [1.82, 2.24) is 9.97 Å². The van der Waals surface area contributed by atoms with Crippen LogP contribution in [0.4, 0.5) is 11.5 Å². The van der Waals surface area contributed by atoms with Gasteiger partial charge in [0.25, 0.3) is 0 Å². The molecule has 0 atom stereocenters. The number of benzene rings is 1. The molecule has 0 aliphatic heterocycles. The predicted molar refractivity (Wildman–Crippen MR) is 80.6 cm³/mol. The van der Waals surface area contributed by atoms with E-state index in [-0.39, 0.29) is 0 Å². The number of aromatic nitrogens is 2. The highest BCUT2D eigenvalue weighted by atomic mass is 16.5. The van der Waals surface area contributed by atoms with E-state index >= 15 is 0 Å². The van der Waals surface area contributed by atoms with Crippen LogP contribution < -0.4 is 10.1 Å². The van der Waals surface area contributed by atoms with Crippen molar-refractivity contribution in [3.05, 3.63) is 54.2 Å². The summed E-state index contributed by atoms with van der Waals surface area (Å²) in [6.45, 7) is 2.08. The molecule has 0 aliphatic carbocycles. The molecule has 20 heavy (non-hydrogen) atoms. The number of hydrogen-bond acceptors (Lipinski definition) is 4. The molecular weight excluding hydrogens is 250 g/mol. The number of fused-ring (bicyclic) bond motifs is 1. The quantitative estimate of drug-likeness (QED) is 0.784. The van der Waals surface area contributed by atoms with Crippen molar-refractivity contribution < 1.29 is 4.74 Å². The van der Waals surface area contributed by atoms with Crippen molar-refractivity contribution in [1.29, 1.82) is 0 Å². The van der Waals surface area contributed by atoms with Gasteiger partial charge in [0.1, 0.15) is 5.82 Å². The molecule has 0 bridgehead atoms. The molecule has 2 aromatic heterocycles. The number of hydrogen-bond donors (Lipinski definition) is 1. The lowest BCUT2D eigenvalue weighted by Crippen LogP contribution is -1.95. The molecule has 3 rings (SSSR count). The Balaban J connectivity index is 1.88. The van der Waals surface area contributed by atoms with Crippen LogP contribution in [0, 0.1) is 6.92 Å². The van der Waals surface area contributed by atoms with E-state index in [2.05, 4.69) is 40.4 Å². The first-order chi connectivity index (χ1) is 9.74. The molecule has 0 unspecified atom stereocenters. The van der Waals surface area contributed by atoms with Gasteiger partial charge in [-0.05, 0) is 37.3 Å². The molecule has 1 aromatic carbocycles.